The summed E-state index contributed by atoms with van der Waals surface area (Å²) in [7, 11) is 0. The minimum atomic E-state index is 0. The highest BCUT2D eigenvalue weighted by Gasteiger charge is 2.10. The van der Waals surface area contributed by atoms with Gasteiger partial charge in [-0.25, -0.2) is 4.57 Å². The standard InChI is InChI=1S/C13H12N2O.BrH/c14-13-8-4-5-9-15(13)10-12(16)11-6-2-1-3-7-11;/h1-9,14H,10H2;1H/p+1. The van der Waals surface area contributed by atoms with Crippen LogP contribution in [0.25, 0.3) is 0 Å². The lowest BCUT2D eigenvalue weighted by Gasteiger charge is -2.02. The molecule has 0 unspecified atom stereocenters. The van der Waals surface area contributed by atoms with Gasteiger partial charge in [0.25, 0.3) is 5.82 Å². The Kier molecular flexibility index (Phi) is 4.84. The van der Waals surface area contributed by atoms with Crippen molar-refractivity contribution < 1.29 is 9.36 Å². The van der Waals surface area contributed by atoms with E-state index in [1.54, 1.807) is 16.8 Å². The highest BCUT2D eigenvalue weighted by Crippen LogP contribution is 2.00. The number of nitrogen functional groups attached to an aromatic ring is 1. The quantitative estimate of drug-likeness (QED) is 0.695. The van der Waals surface area contributed by atoms with Crippen molar-refractivity contribution in [2.75, 3.05) is 5.73 Å². The van der Waals surface area contributed by atoms with Crippen LogP contribution in [0.4, 0.5) is 5.82 Å². The normalized spacial score (nSPS) is 9.41. The zero-order valence-corrected chi connectivity index (χ0v) is 11.0. The van der Waals surface area contributed by atoms with Crippen molar-refractivity contribution in [3.63, 3.8) is 0 Å². The number of aromatic nitrogens is 1. The number of nitrogens with two attached hydrogens (primary N) is 1. The number of rotatable bonds is 3. The molecule has 2 N–H and O–H groups in total. The summed E-state index contributed by atoms with van der Waals surface area (Å²) in [6.07, 6.45) is 1.80. The molecule has 0 saturated carbocycles. The molecule has 1 aromatic carbocycles. The van der Waals surface area contributed by atoms with Gasteiger partial charge in [0.15, 0.2) is 6.54 Å². The zero-order chi connectivity index (χ0) is 11.4. The summed E-state index contributed by atoms with van der Waals surface area (Å²) in [6.45, 7) is 0.274. The van der Waals surface area contributed by atoms with Gasteiger partial charge >= 0.3 is 0 Å². The van der Waals surface area contributed by atoms with Gasteiger partial charge in [0.05, 0.1) is 6.20 Å². The number of anilines is 1. The van der Waals surface area contributed by atoms with E-state index in [4.69, 9.17) is 5.73 Å². The van der Waals surface area contributed by atoms with Crippen LogP contribution in [0.2, 0.25) is 0 Å². The summed E-state index contributed by atoms with van der Waals surface area (Å²) in [5.41, 5.74) is 6.46. The molecule has 4 heteroatoms. The van der Waals surface area contributed by atoms with Gasteiger partial charge in [0.2, 0.25) is 5.78 Å². The third-order valence-electron chi connectivity index (χ3n) is 2.39. The maximum absolute atomic E-state index is 11.9. The number of benzene rings is 1. The predicted molar refractivity (Wildman–Crippen MR) is 72.1 cm³/mol. The molecule has 3 nitrogen and oxygen atoms in total. The van der Waals surface area contributed by atoms with E-state index in [-0.39, 0.29) is 29.3 Å². The Morgan fingerprint density at radius 3 is 2.35 bits per heavy atom. The van der Waals surface area contributed by atoms with Crippen LogP contribution >= 0.6 is 17.0 Å². The lowest BCUT2D eigenvalue weighted by atomic mass is 10.1. The number of hydrogen-bond donors (Lipinski definition) is 1. The highest BCUT2D eigenvalue weighted by molar-refractivity contribution is 8.93. The predicted octanol–water partition coefficient (Wildman–Crippen LogP) is 2.02. The van der Waals surface area contributed by atoms with Crippen molar-refractivity contribution in [3.8, 4) is 0 Å². The number of carbonyl (C=O) groups is 1. The van der Waals surface area contributed by atoms with Gasteiger partial charge in [-0.15, -0.1) is 17.0 Å². The molecule has 0 amide bonds. The first kappa shape index (κ1) is 13.4. The van der Waals surface area contributed by atoms with E-state index in [1.807, 2.05) is 42.5 Å². The summed E-state index contributed by atoms with van der Waals surface area (Å²) < 4.78 is 1.73. The number of halogens is 1. The number of carbonyl (C=O) groups excluding carboxylic acids is 1. The molecular weight excluding hydrogens is 280 g/mol. The summed E-state index contributed by atoms with van der Waals surface area (Å²) in [4.78, 5) is 11.9. The highest BCUT2D eigenvalue weighted by atomic mass is 79.9. The van der Waals surface area contributed by atoms with Gasteiger partial charge in [0, 0.05) is 11.6 Å². The van der Waals surface area contributed by atoms with Crippen molar-refractivity contribution >= 4 is 28.6 Å². The van der Waals surface area contributed by atoms with Crippen LogP contribution < -0.4 is 10.3 Å². The topological polar surface area (TPSA) is 47.0 Å². The van der Waals surface area contributed by atoms with Gasteiger partial charge in [-0.05, 0) is 6.07 Å². The molecule has 0 saturated heterocycles. The molecule has 0 aliphatic rings. The number of pyridine rings is 1. The van der Waals surface area contributed by atoms with Gasteiger partial charge < -0.3 is 0 Å². The van der Waals surface area contributed by atoms with Crippen LogP contribution in [0.3, 0.4) is 0 Å². The molecule has 0 aliphatic carbocycles. The summed E-state index contributed by atoms with van der Waals surface area (Å²) in [5, 5.41) is 0. The molecule has 1 heterocycles. The lowest BCUT2D eigenvalue weighted by Crippen LogP contribution is -2.40. The third-order valence-corrected chi connectivity index (χ3v) is 2.39. The zero-order valence-electron chi connectivity index (χ0n) is 9.24. The van der Waals surface area contributed by atoms with E-state index in [0.717, 1.165) is 0 Å². The molecule has 88 valence electrons. The van der Waals surface area contributed by atoms with E-state index < -0.39 is 0 Å². The summed E-state index contributed by atoms with van der Waals surface area (Å²) in [6, 6.07) is 14.7. The fraction of sp³-hybridized carbons (Fsp3) is 0.0769. The fourth-order valence-corrected chi connectivity index (χ4v) is 1.50. The number of Topliss-reactive ketones (excluding diaryl/α,β-unsaturated/α-hetero) is 1. The van der Waals surface area contributed by atoms with Crippen molar-refractivity contribution in [1.29, 1.82) is 0 Å². The van der Waals surface area contributed by atoms with E-state index >= 15 is 0 Å². The molecule has 0 aliphatic heterocycles. The first-order chi connectivity index (χ1) is 7.77. The van der Waals surface area contributed by atoms with E-state index in [2.05, 4.69) is 0 Å². The van der Waals surface area contributed by atoms with Crippen LogP contribution in [0, 0.1) is 0 Å². The van der Waals surface area contributed by atoms with Gasteiger partial charge in [-0.2, -0.15) is 0 Å². The number of hydrogen-bond acceptors (Lipinski definition) is 2. The van der Waals surface area contributed by atoms with Crippen molar-refractivity contribution in [1.82, 2.24) is 0 Å². The number of nitrogens with zero attached hydrogens (tertiary/aromatic N) is 1. The maximum atomic E-state index is 11.9. The van der Waals surface area contributed by atoms with Crippen molar-refractivity contribution in [3.05, 3.63) is 60.3 Å². The Balaban J connectivity index is 0.00000144. The molecule has 0 bridgehead atoms. The molecule has 0 atom stereocenters. The summed E-state index contributed by atoms with van der Waals surface area (Å²) >= 11 is 0. The SMILES string of the molecule is Br.Nc1cccc[n+]1CC(=O)c1ccccc1. The maximum Gasteiger partial charge on any atom is 0.272 e. The van der Waals surface area contributed by atoms with E-state index in [0.29, 0.717) is 11.4 Å². The largest absolute Gasteiger partial charge is 0.290 e. The Morgan fingerprint density at radius 2 is 1.71 bits per heavy atom. The average Bonchev–Trinajstić information content (AvgIpc) is 2.33. The first-order valence-corrected chi connectivity index (χ1v) is 5.09. The lowest BCUT2D eigenvalue weighted by molar-refractivity contribution is -0.668. The average molecular weight is 294 g/mol. The second-order valence-corrected chi connectivity index (χ2v) is 3.54. The van der Waals surface area contributed by atoms with Crippen molar-refractivity contribution in [2.45, 2.75) is 6.54 Å². The van der Waals surface area contributed by atoms with Crippen LogP contribution in [0.5, 0.6) is 0 Å². The second kappa shape index (κ2) is 6.15. The van der Waals surface area contributed by atoms with Crippen LogP contribution in [0.1, 0.15) is 10.4 Å². The van der Waals surface area contributed by atoms with Crippen molar-refractivity contribution in [2.24, 2.45) is 0 Å². The monoisotopic (exact) mass is 293 g/mol. The van der Waals surface area contributed by atoms with Gasteiger partial charge in [-0.3, -0.25) is 10.5 Å². The summed E-state index contributed by atoms with van der Waals surface area (Å²) in [5.74, 6) is 0.648. The molecule has 2 aromatic rings. The second-order valence-electron chi connectivity index (χ2n) is 3.54. The van der Waals surface area contributed by atoms with Gasteiger partial charge in [-0.1, -0.05) is 36.4 Å². The minimum Gasteiger partial charge on any atom is -0.290 e. The third kappa shape index (κ3) is 3.39. The van der Waals surface area contributed by atoms with Crippen LogP contribution in [-0.2, 0) is 6.54 Å². The van der Waals surface area contributed by atoms with E-state index in [9.17, 15) is 4.79 Å². The van der Waals surface area contributed by atoms with Crippen LogP contribution in [0.15, 0.2) is 54.7 Å². The Morgan fingerprint density at radius 1 is 1.06 bits per heavy atom. The number of ketones is 1. The molecule has 2 rings (SSSR count). The molecule has 0 spiro atoms. The Bertz CT molecular complexity index is 500. The van der Waals surface area contributed by atoms with Crippen LogP contribution in [-0.4, -0.2) is 5.78 Å². The fourth-order valence-electron chi connectivity index (χ4n) is 1.50. The molecular formula is C13H14BrN2O+. The molecule has 1 aromatic heterocycles. The smallest absolute Gasteiger partial charge is 0.272 e. The molecule has 0 radical (unpaired) electrons. The first-order valence-electron chi connectivity index (χ1n) is 5.09. The Hall–Kier alpha value is -1.68. The van der Waals surface area contributed by atoms with E-state index in [1.165, 1.54) is 0 Å². The Labute approximate surface area is 111 Å². The molecule has 17 heavy (non-hydrogen) atoms. The molecule has 0 fully saturated rings. The van der Waals surface area contributed by atoms with Gasteiger partial charge in [0.1, 0.15) is 0 Å². The minimum absolute atomic E-state index is 0.